The van der Waals surface area contributed by atoms with Crippen molar-refractivity contribution < 1.29 is 23.8 Å². The third kappa shape index (κ3) is 5.59. The van der Waals surface area contributed by atoms with E-state index in [1.165, 1.54) is 24.5 Å². The van der Waals surface area contributed by atoms with Gasteiger partial charge in [-0.2, -0.15) is 5.26 Å². The van der Waals surface area contributed by atoms with Crippen molar-refractivity contribution in [2.75, 3.05) is 25.6 Å². The number of nitriles is 1. The van der Waals surface area contributed by atoms with Crippen LogP contribution in [0.25, 0.3) is 6.08 Å². The van der Waals surface area contributed by atoms with Gasteiger partial charge in [0.25, 0.3) is 0 Å². The zero-order valence-corrected chi connectivity index (χ0v) is 17.5. The number of benzene rings is 1. The van der Waals surface area contributed by atoms with Crippen molar-refractivity contribution in [2.45, 2.75) is 20.8 Å². The van der Waals surface area contributed by atoms with Crippen LogP contribution >= 0.6 is 11.3 Å². The average molecular weight is 414 g/mol. The average Bonchev–Trinajstić information content (AvgIpc) is 2.98. The van der Waals surface area contributed by atoms with Gasteiger partial charge >= 0.3 is 5.97 Å². The number of hydrogen-bond donors (Lipinski definition) is 1. The summed E-state index contributed by atoms with van der Waals surface area (Å²) in [6, 6.07) is 6.99. The first kappa shape index (κ1) is 22.0. The summed E-state index contributed by atoms with van der Waals surface area (Å²) in [4.78, 5) is 25.5. The lowest BCUT2D eigenvalue weighted by molar-refractivity contribution is -0.111. The second kappa shape index (κ2) is 10.3. The van der Waals surface area contributed by atoms with Crippen LogP contribution in [0, 0.1) is 25.2 Å². The Hall–Kier alpha value is -3.31. The van der Waals surface area contributed by atoms with Gasteiger partial charge in [0.15, 0.2) is 18.1 Å². The van der Waals surface area contributed by atoms with Gasteiger partial charge in [0.05, 0.1) is 19.3 Å². The zero-order chi connectivity index (χ0) is 21.4. The molecule has 1 aromatic heterocycles. The largest absolute Gasteiger partial charge is 0.493 e. The number of anilines is 1. The van der Waals surface area contributed by atoms with Gasteiger partial charge in [0, 0.05) is 11.0 Å². The van der Waals surface area contributed by atoms with E-state index in [0.717, 1.165) is 10.4 Å². The fraction of sp³-hybridized carbons (Fsp3) is 0.286. The number of aryl methyl sites for hydroxylation is 1. The molecule has 8 heteroatoms. The van der Waals surface area contributed by atoms with Gasteiger partial charge in [-0.05, 0) is 50.1 Å². The predicted octanol–water partition coefficient (Wildman–Crippen LogP) is 4.10. The van der Waals surface area contributed by atoms with Gasteiger partial charge in [-0.3, -0.25) is 4.79 Å². The van der Waals surface area contributed by atoms with Crippen LogP contribution in [0.15, 0.2) is 24.3 Å². The van der Waals surface area contributed by atoms with Gasteiger partial charge in [-0.25, -0.2) is 4.79 Å². The van der Waals surface area contributed by atoms with Gasteiger partial charge in [-0.1, -0.05) is 6.07 Å². The van der Waals surface area contributed by atoms with Crippen molar-refractivity contribution in [3.63, 3.8) is 0 Å². The number of carbonyl (C=O) groups excluding carboxylic acids is 2. The van der Waals surface area contributed by atoms with Gasteiger partial charge in [-0.15, -0.1) is 11.3 Å². The summed E-state index contributed by atoms with van der Waals surface area (Å²) >= 11 is 1.33. The van der Waals surface area contributed by atoms with Crippen LogP contribution in [-0.2, 0) is 9.53 Å². The fourth-order valence-corrected chi connectivity index (χ4v) is 3.56. The number of carbonyl (C=O) groups is 2. The Labute approximate surface area is 173 Å². The molecule has 2 aromatic rings. The molecule has 0 atom stereocenters. The lowest BCUT2D eigenvalue weighted by Crippen LogP contribution is -2.12. The van der Waals surface area contributed by atoms with E-state index >= 15 is 0 Å². The molecule has 1 heterocycles. The third-order valence-corrected chi connectivity index (χ3v) is 5.13. The van der Waals surface area contributed by atoms with Crippen molar-refractivity contribution in [2.24, 2.45) is 0 Å². The van der Waals surface area contributed by atoms with E-state index in [9.17, 15) is 9.59 Å². The van der Waals surface area contributed by atoms with Crippen molar-refractivity contribution in [3.05, 3.63) is 45.8 Å². The maximum absolute atomic E-state index is 12.4. The van der Waals surface area contributed by atoms with Crippen molar-refractivity contribution >= 4 is 34.3 Å². The molecule has 29 heavy (non-hydrogen) atoms. The van der Waals surface area contributed by atoms with E-state index in [-0.39, 0.29) is 19.1 Å². The fourth-order valence-electron chi connectivity index (χ4n) is 2.51. The molecule has 152 valence electrons. The number of esters is 1. The summed E-state index contributed by atoms with van der Waals surface area (Å²) in [6.07, 6.45) is 2.98. The standard InChI is InChI=1S/C21H22N2O5S/c1-5-27-21(25)19-13(2)14(3)29-20(19)23-18(24)9-7-15-6-8-16(28-11-10-22)17(12-15)26-4/h6-9,12H,5,11H2,1-4H3,(H,23,24)/b9-7+. The quantitative estimate of drug-likeness (QED) is 0.516. The molecule has 0 bridgehead atoms. The summed E-state index contributed by atoms with van der Waals surface area (Å²) in [5.41, 5.74) is 1.90. The second-order valence-corrected chi connectivity index (χ2v) is 7.11. The summed E-state index contributed by atoms with van der Waals surface area (Å²) in [7, 11) is 1.49. The highest BCUT2D eigenvalue weighted by Crippen LogP contribution is 2.33. The lowest BCUT2D eigenvalue weighted by atomic mass is 10.1. The molecule has 0 aliphatic heterocycles. The van der Waals surface area contributed by atoms with Crippen LogP contribution in [0.2, 0.25) is 0 Å². The number of rotatable bonds is 8. The highest BCUT2D eigenvalue weighted by molar-refractivity contribution is 7.16. The number of nitrogens with one attached hydrogen (secondary N) is 1. The molecule has 1 amide bonds. The molecule has 0 radical (unpaired) electrons. The minimum atomic E-state index is -0.452. The SMILES string of the molecule is CCOC(=O)c1c(NC(=O)/C=C/c2ccc(OCC#N)c(OC)c2)sc(C)c1C. The van der Waals surface area contributed by atoms with E-state index in [1.807, 2.05) is 19.9 Å². The minimum absolute atomic E-state index is 0.0869. The lowest BCUT2D eigenvalue weighted by Gasteiger charge is -2.09. The molecule has 2 rings (SSSR count). The molecule has 1 aromatic carbocycles. The van der Waals surface area contributed by atoms with Gasteiger partial charge in [0.2, 0.25) is 5.91 Å². The number of amides is 1. The van der Waals surface area contributed by atoms with Gasteiger partial charge < -0.3 is 19.5 Å². The second-order valence-electron chi connectivity index (χ2n) is 5.89. The topological polar surface area (TPSA) is 97.6 Å². The molecule has 7 nitrogen and oxygen atoms in total. The molecular weight excluding hydrogens is 392 g/mol. The number of hydrogen-bond acceptors (Lipinski definition) is 7. The van der Waals surface area contributed by atoms with Crippen LogP contribution in [0.3, 0.4) is 0 Å². The van der Waals surface area contributed by atoms with E-state index in [2.05, 4.69) is 5.32 Å². The van der Waals surface area contributed by atoms with Crippen molar-refractivity contribution in [1.29, 1.82) is 5.26 Å². The molecule has 0 saturated carbocycles. The Balaban J connectivity index is 2.16. The molecule has 0 aliphatic rings. The molecular formula is C21H22N2O5S. The van der Waals surface area contributed by atoms with Crippen LogP contribution in [0.5, 0.6) is 11.5 Å². The number of nitrogens with zero attached hydrogens (tertiary/aromatic N) is 1. The monoisotopic (exact) mass is 414 g/mol. The summed E-state index contributed by atoms with van der Waals surface area (Å²) in [5, 5.41) is 11.8. The smallest absolute Gasteiger partial charge is 0.341 e. The summed E-state index contributed by atoms with van der Waals surface area (Å²) in [6.45, 7) is 5.62. The molecule has 0 saturated heterocycles. The maximum Gasteiger partial charge on any atom is 0.341 e. The molecule has 0 spiro atoms. The van der Waals surface area contributed by atoms with E-state index < -0.39 is 5.97 Å². The number of thiophene rings is 1. The van der Waals surface area contributed by atoms with Gasteiger partial charge in [0.1, 0.15) is 11.1 Å². The maximum atomic E-state index is 12.4. The predicted molar refractivity (Wildman–Crippen MR) is 112 cm³/mol. The first-order valence-corrected chi connectivity index (χ1v) is 9.66. The van der Waals surface area contributed by atoms with E-state index in [1.54, 1.807) is 31.2 Å². The van der Waals surface area contributed by atoms with Crippen LogP contribution in [-0.4, -0.2) is 32.2 Å². The van der Waals surface area contributed by atoms with Crippen LogP contribution in [0.1, 0.15) is 33.3 Å². The molecule has 0 unspecified atom stereocenters. The van der Waals surface area contributed by atoms with Crippen molar-refractivity contribution in [3.8, 4) is 17.6 Å². The van der Waals surface area contributed by atoms with E-state index in [0.29, 0.717) is 27.6 Å². The molecule has 0 aliphatic carbocycles. The Kier molecular flexibility index (Phi) is 7.80. The Morgan fingerprint density at radius 3 is 2.69 bits per heavy atom. The highest BCUT2D eigenvalue weighted by Gasteiger charge is 2.21. The summed E-state index contributed by atoms with van der Waals surface area (Å²) in [5.74, 6) is 0.0723. The first-order chi connectivity index (χ1) is 13.9. The third-order valence-electron chi connectivity index (χ3n) is 4.01. The van der Waals surface area contributed by atoms with Crippen LogP contribution in [0.4, 0.5) is 5.00 Å². The Bertz CT molecular complexity index is 972. The summed E-state index contributed by atoms with van der Waals surface area (Å²) < 4.78 is 15.6. The Morgan fingerprint density at radius 1 is 1.28 bits per heavy atom. The number of ether oxygens (including phenoxy) is 3. The highest BCUT2D eigenvalue weighted by atomic mass is 32.1. The molecule has 0 fully saturated rings. The minimum Gasteiger partial charge on any atom is -0.493 e. The number of methoxy groups -OCH3 is 1. The van der Waals surface area contributed by atoms with Crippen molar-refractivity contribution in [1.82, 2.24) is 0 Å². The first-order valence-electron chi connectivity index (χ1n) is 8.85. The zero-order valence-electron chi connectivity index (χ0n) is 16.7. The van der Waals surface area contributed by atoms with Crippen LogP contribution < -0.4 is 14.8 Å². The normalized spacial score (nSPS) is 10.4. The van der Waals surface area contributed by atoms with E-state index in [4.69, 9.17) is 19.5 Å². The molecule has 1 N–H and O–H groups in total. The Morgan fingerprint density at radius 2 is 2.03 bits per heavy atom.